The average Bonchev–Trinajstić information content (AvgIpc) is 4.20. The Hall–Kier alpha value is -8.02. The summed E-state index contributed by atoms with van der Waals surface area (Å²) >= 11 is 0. The summed E-state index contributed by atoms with van der Waals surface area (Å²) in [6, 6.07) is 43.6. The maximum absolute atomic E-state index is 12.5. The molecule has 12 nitrogen and oxygen atoms in total. The second-order valence-electron chi connectivity index (χ2n) is 14.6. The fraction of sp³-hybridized carbons (Fsp3) is 0.0769. The molecule has 4 aromatic carbocycles. The first kappa shape index (κ1) is 43.6. The molecule has 8 bridgehead atoms. The van der Waals surface area contributed by atoms with Gasteiger partial charge in [0.15, 0.2) is 0 Å². The van der Waals surface area contributed by atoms with Gasteiger partial charge in [-0.05, 0) is 93.1 Å². The van der Waals surface area contributed by atoms with Crippen LogP contribution in [0.15, 0.2) is 146 Å². The summed E-state index contributed by atoms with van der Waals surface area (Å²) in [5.74, 6) is -1.86. The smallest absolute Gasteiger partial charge is 0.337 e. The van der Waals surface area contributed by atoms with Crippen LogP contribution < -0.4 is 41.3 Å². The molecule has 0 aliphatic carbocycles. The van der Waals surface area contributed by atoms with Crippen molar-refractivity contribution in [2.24, 2.45) is 0 Å². The quantitative estimate of drug-likeness (QED) is 0.123. The van der Waals surface area contributed by atoms with E-state index >= 15 is 0 Å². The topological polar surface area (TPSA) is 162 Å². The molecule has 1 aliphatic rings. The second-order valence-corrected chi connectivity index (χ2v) is 14.6. The summed E-state index contributed by atoms with van der Waals surface area (Å²) in [5.41, 5.74) is 9.71. The number of carbonyl (C=O) groups is 4. The summed E-state index contributed by atoms with van der Waals surface area (Å²) in [7, 11) is 5.35. The molecule has 4 aromatic heterocycles. The van der Waals surface area contributed by atoms with Gasteiger partial charge >= 0.3 is 23.9 Å². The zero-order chi connectivity index (χ0) is 44.5. The van der Waals surface area contributed by atoms with E-state index in [0.29, 0.717) is 88.7 Å². The predicted octanol–water partition coefficient (Wildman–Crippen LogP) is 3.96. The van der Waals surface area contributed by atoms with E-state index in [4.69, 9.17) is 38.9 Å². The van der Waals surface area contributed by atoms with Crippen LogP contribution in [0.2, 0.25) is 0 Å². The van der Waals surface area contributed by atoms with Crippen LogP contribution in [0.5, 0.6) is 0 Å². The van der Waals surface area contributed by atoms with E-state index in [1.807, 2.05) is 97.1 Å². The molecule has 0 saturated carbocycles. The third-order valence-corrected chi connectivity index (χ3v) is 11.0. The molecule has 9 rings (SSSR count). The van der Waals surface area contributed by atoms with E-state index in [0.717, 1.165) is 22.3 Å². The van der Waals surface area contributed by atoms with Crippen molar-refractivity contribution in [2.75, 3.05) is 28.4 Å². The van der Waals surface area contributed by atoms with Gasteiger partial charge in [-0.2, -0.15) is 0 Å². The van der Waals surface area contributed by atoms with Crippen LogP contribution in [0.4, 0.5) is 0 Å². The van der Waals surface area contributed by atoms with Gasteiger partial charge in [-0.3, -0.25) is 0 Å². The van der Waals surface area contributed by atoms with Crippen LogP contribution in [0.3, 0.4) is 0 Å². The molecule has 0 N–H and O–H groups in total. The SMILES string of the molecule is COC(=O)c1ccc(/C2=c3\cc/c([n-]3)=C(\c3ccc(C(=O)OC)cc3)c3ccc([n-]3)/C(c3ccc(C(=O)OC)cc3)=c3/cc/c([n-]3)=C(\c3ccc(C(=O)OC)cc3)c3ccc2[n-]3)cc1.[Zn]. The van der Waals surface area contributed by atoms with Gasteiger partial charge in [0.05, 0.1) is 50.7 Å². The molecule has 1 aliphatic heterocycles. The number of rotatable bonds is 8. The number of ether oxygens (including phenoxy) is 4. The van der Waals surface area contributed by atoms with Gasteiger partial charge in [-0.15, -0.1) is 44.2 Å². The average molecular weight is 910 g/mol. The summed E-state index contributed by atoms with van der Waals surface area (Å²) in [4.78, 5) is 70.9. The van der Waals surface area contributed by atoms with Gasteiger partial charge in [0.25, 0.3) is 0 Å². The predicted molar refractivity (Wildman–Crippen MR) is 235 cm³/mol. The summed E-state index contributed by atoms with van der Waals surface area (Å²) in [5, 5.41) is 2.40. The molecule has 0 unspecified atom stereocenters. The van der Waals surface area contributed by atoms with Crippen molar-refractivity contribution in [3.63, 3.8) is 0 Å². The molecule has 13 heteroatoms. The largest absolute Gasteiger partial charge is 0.657 e. The Morgan fingerprint density at radius 2 is 0.492 bits per heavy atom. The number of carbonyl (C=O) groups excluding carboxylic acids is 4. The standard InChI is InChI=1S/C52H38N4O8.Zn/c1-61-49(57)33-13-5-29(6-14-33)45-37-21-23-39(53-37)46(30-7-15-34(16-8-30)50(58)62-2)41-25-27-43(55-41)48(32-11-19-36(20-12-32)52(60)64-4)44-28-26-42(56-44)47(40-24-22-38(45)54-40)31-9-17-35(18-10-31)51(59)63-3;/h5-28H,1-4H3,(H2-2,53,54,55,56,57,58,59,60);/q-2;/p-2/b45-37-,45-38?,46-39-,46-41?,47-40?,47-42-,48-43?,48-44-;. The Kier molecular flexibility index (Phi) is 12.3. The van der Waals surface area contributed by atoms with Crippen molar-refractivity contribution in [3.8, 4) is 0 Å². The Labute approximate surface area is 384 Å². The van der Waals surface area contributed by atoms with Gasteiger partial charge < -0.3 is 38.9 Å². The number of hydrogen-bond acceptors (Lipinski definition) is 8. The maximum Gasteiger partial charge on any atom is 0.337 e. The summed E-state index contributed by atoms with van der Waals surface area (Å²) in [6.07, 6.45) is 0. The minimum Gasteiger partial charge on any atom is -0.657 e. The van der Waals surface area contributed by atoms with Gasteiger partial charge in [0.2, 0.25) is 0 Å². The van der Waals surface area contributed by atoms with E-state index < -0.39 is 23.9 Å². The minimum atomic E-state index is -0.464. The Balaban J connectivity index is 0.00000576. The summed E-state index contributed by atoms with van der Waals surface area (Å²) in [6.45, 7) is 0. The van der Waals surface area contributed by atoms with E-state index in [1.165, 1.54) is 28.4 Å². The van der Waals surface area contributed by atoms with Crippen LogP contribution in [-0.2, 0) is 38.4 Å². The Morgan fingerprint density at radius 1 is 0.292 bits per heavy atom. The molecule has 0 saturated heterocycles. The number of benzene rings is 4. The molecule has 0 amide bonds. The van der Waals surface area contributed by atoms with Gasteiger partial charge in [0, 0.05) is 19.5 Å². The van der Waals surface area contributed by atoms with Gasteiger partial charge in [0.1, 0.15) is 0 Å². The Morgan fingerprint density at radius 3 is 0.677 bits per heavy atom. The third kappa shape index (κ3) is 8.33. The van der Waals surface area contributed by atoms with Crippen molar-refractivity contribution in [2.45, 2.75) is 0 Å². The molecular weight excluding hydrogens is 874 g/mol. The van der Waals surface area contributed by atoms with E-state index in [2.05, 4.69) is 0 Å². The number of aromatic nitrogens is 4. The minimum absolute atomic E-state index is 0. The second kappa shape index (κ2) is 18.4. The molecule has 8 aromatic rings. The van der Waals surface area contributed by atoms with Crippen LogP contribution in [0.25, 0.3) is 22.3 Å². The fourth-order valence-electron chi connectivity index (χ4n) is 7.83. The first-order chi connectivity index (χ1) is 31.2. The van der Waals surface area contributed by atoms with Crippen LogP contribution in [0, 0.1) is 0 Å². The van der Waals surface area contributed by atoms with Gasteiger partial charge in [-0.25, -0.2) is 19.2 Å². The molecule has 0 radical (unpaired) electrons. The normalized spacial score (nSPS) is 15.3. The summed E-state index contributed by atoms with van der Waals surface area (Å²) < 4.78 is 19.9. The molecule has 5 heterocycles. The Bertz CT molecular complexity index is 2930. The number of esters is 4. The fourth-order valence-corrected chi connectivity index (χ4v) is 7.83. The first-order valence-corrected chi connectivity index (χ1v) is 20.0. The molecular formula is C52H36N4O8Zn-4. The number of hydrogen-bond donors (Lipinski definition) is 0. The van der Waals surface area contributed by atoms with Crippen molar-refractivity contribution >= 4 is 46.2 Å². The monoisotopic (exact) mass is 908 g/mol. The molecule has 318 valence electrons. The molecule has 0 fully saturated rings. The van der Waals surface area contributed by atoms with Crippen LogP contribution >= 0.6 is 0 Å². The van der Waals surface area contributed by atoms with Gasteiger partial charge in [-0.1, -0.05) is 97.1 Å². The van der Waals surface area contributed by atoms with E-state index in [9.17, 15) is 19.2 Å². The van der Waals surface area contributed by atoms with Crippen molar-refractivity contribution in [3.05, 3.63) is 234 Å². The van der Waals surface area contributed by atoms with E-state index in [1.54, 1.807) is 48.5 Å². The maximum atomic E-state index is 12.5. The number of nitrogens with zero attached hydrogens (tertiary/aromatic N) is 4. The van der Waals surface area contributed by atoms with Crippen molar-refractivity contribution < 1.29 is 57.6 Å². The van der Waals surface area contributed by atoms with Crippen LogP contribution in [0.1, 0.15) is 86.5 Å². The zero-order valence-electron chi connectivity index (χ0n) is 35.6. The first-order valence-electron chi connectivity index (χ1n) is 20.0. The molecule has 0 atom stereocenters. The molecule has 65 heavy (non-hydrogen) atoms. The third-order valence-electron chi connectivity index (χ3n) is 11.0. The molecule has 0 spiro atoms. The number of methoxy groups -OCH3 is 4. The van der Waals surface area contributed by atoms with Crippen molar-refractivity contribution in [1.29, 1.82) is 0 Å². The van der Waals surface area contributed by atoms with Crippen LogP contribution in [-0.4, -0.2) is 52.3 Å². The number of fused-ring (bicyclic) bond motifs is 8. The zero-order valence-corrected chi connectivity index (χ0v) is 38.6. The van der Waals surface area contributed by atoms with Crippen molar-refractivity contribution in [1.82, 2.24) is 19.9 Å². The van der Waals surface area contributed by atoms with E-state index in [-0.39, 0.29) is 19.5 Å².